The molecule has 2 aromatic carbocycles. The molecule has 0 spiro atoms. The zero-order valence-electron chi connectivity index (χ0n) is 18.7. The van der Waals surface area contributed by atoms with Gasteiger partial charge in [0.2, 0.25) is 0 Å². The Kier molecular flexibility index (Phi) is 4.60. The van der Waals surface area contributed by atoms with E-state index in [2.05, 4.69) is 22.7 Å². The third-order valence-electron chi connectivity index (χ3n) is 6.54. The molecule has 168 valence electrons. The third-order valence-corrected chi connectivity index (χ3v) is 6.54. The molecule has 7 heteroatoms. The Morgan fingerprint density at radius 3 is 2.76 bits per heavy atom. The monoisotopic (exact) mass is 449 g/mol. The second kappa shape index (κ2) is 7.67. The molecule has 0 fully saturated rings. The van der Waals surface area contributed by atoms with Crippen LogP contribution in [0.25, 0.3) is 38.6 Å². The van der Waals surface area contributed by atoms with Crippen LogP contribution < -0.4 is 10.5 Å². The number of aryl methyl sites for hydroxylation is 1. The highest BCUT2D eigenvalue weighted by molar-refractivity contribution is 6.05. The highest BCUT2D eigenvalue weighted by atomic mass is 16.3. The lowest BCUT2D eigenvalue weighted by molar-refractivity contribution is 0.219. The van der Waals surface area contributed by atoms with Crippen LogP contribution in [-0.4, -0.2) is 37.2 Å². The van der Waals surface area contributed by atoms with Gasteiger partial charge >= 0.3 is 0 Å². The molecule has 1 N–H and O–H groups in total. The number of pyridine rings is 2. The van der Waals surface area contributed by atoms with Gasteiger partial charge in [-0.2, -0.15) is 5.10 Å². The molecular formula is C27H23N5O2. The van der Waals surface area contributed by atoms with Crippen LogP contribution in [0.15, 0.2) is 84.6 Å². The van der Waals surface area contributed by atoms with Gasteiger partial charge in [-0.05, 0) is 54.0 Å². The zero-order chi connectivity index (χ0) is 23.4. The number of aliphatic hydroxyl groups is 1. The van der Waals surface area contributed by atoms with Crippen molar-refractivity contribution >= 4 is 27.5 Å². The van der Waals surface area contributed by atoms with E-state index in [0.717, 1.165) is 56.3 Å². The van der Waals surface area contributed by atoms with Crippen molar-refractivity contribution in [3.63, 3.8) is 0 Å². The van der Waals surface area contributed by atoms with E-state index in [4.69, 9.17) is 0 Å². The lowest BCUT2D eigenvalue weighted by Gasteiger charge is -2.24. The van der Waals surface area contributed by atoms with E-state index in [1.807, 2.05) is 60.7 Å². The summed E-state index contributed by atoms with van der Waals surface area (Å²) in [4.78, 5) is 19.8. The lowest BCUT2D eigenvalue weighted by atomic mass is 10.0. The minimum absolute atomic E-state index is 0.124. The summed E-state index contributed by atoms with van der Waals surface area (Å²) >= 11 is 0. The van der Waals surface area contributed by atoms with Crippen molar-refractivity contribution in [2.75, 3.05) is 11.4 Å². The summed E-state index contributed by atoms with van der Waals surface area (Å²) in [7, 11) is 1.89. The van der Waals surface area contributed by atoms with E-state index in [-0.39, 0.29) is 5.56 Å². The van der Waals surface area contributed by atoms with Gasteiger partial charge in [-0.15, -0.1) is 0 Å². The van der Waals surface area contributed by atoms with Crippen molar-refractivity contribution in [3.8, 4) is 16.8 Å². The minimum atomic E-state index is -0.771. The Bertz CT molecular complexity index is 1650. The highest BCUT2D eigenvalue weighted by Gasteiger charge is 2.24. The van der Waals surface area contributed by atoms with E-state index < -0.39 is 6.23 Å². The van der Waals surface area contributed by atoms with Gasteiger partial charge in [-0.3, -0.25) is 19.0 Å². The molecule has 1 aliphatic heterocycles. The standard InChI is InChI=1S/C27H23N5O2/c1-3-25(33)31-11-10-17-4-7-21(13-24(17)31)32-26(34)9-6-19-14-28-23-8-5-18(12-22(23)27(19)32)20-15-29-30(2)16-20/h3-9,12-16,25,33H,1,10-11H2,2H3. The molecule has 34 heavy (non-hydrogen) atoms. The number of aromatic nitrogens is 4. The molecule has 1 unspecified atom stereocenters. The normalized spacial score (nSPS) is 14.0. The van der Waals surface area contributed by atoms with Crippen molar-refractivity contribution in [3.05, 3.63) is 95.7 Å². The SMILES string of the molecule is C=CC(O)N1CCc2ccc(-n3c(=O)ccc4cnc5ccc(-c6cnn(C)c6)cc5c43)cc21. The first kappa shape index (κ1) is 20.4. The molecule has 7 nitrogen and oxygen atoms in total. The van der Waals surface area contributed by atoms with Gasteiger partial charge in [0.05, 0.1) is 22.9 Å². The van der Waals surface area contributed by atoms with Gasteiger partial charge < -0.3 is 10.0 Å². The maximum absolute atomic E-state index is 13.3. The highest BCUT2D eigenvalue weighted by Crippen LogP contribution is 2.34. The van der Waals surface area contributed by atoms with Crippen molar-refractivity contribution in [2.45, 2.75) is 12.6 Å². The predicted molar refractivity (Wildman–Crippen MR) is 134 cm³/mol. The summed E-state index contributed by atoms with van der Waals surface area (Å²) in [6.45, 7) is 4.43. The van der Waals surface area contributed by atoms with Gasteiger partial charge in [0.1, 0.15) is 6.23 Å². The van der Waals surface area contributed by atoms with E-state index >= 15 is 0 Å². The number of fused-ring (bicyclic) bond motifs is 4. The van der Waals surface area contributed by atoms with Crippen molar-refractivity contribution in [1.29, 1.82) is 0 Å². The molecule has 0 radical (unpaired) electrons. The quantitative estimate of drug-likeness (QED) is 0.334. The molecule has 0 saturated carbocycles. The molecule has 1 atom stereocenters. The Morgan fingerprint density at radius 2 is 1.97 bits per heavy atom. The number of benzene rings is 2. The topological polar surface area (TPSA) is 76.2 Å². The van der Waals surface area contributed by atoms with Crippen LogP contribution in [0, 0.1) is 0 Å². The summed E-state index contributed by atoms with van der Waals surface area (Å²) in [5.41, 5.74) is 6.30. The second-order valence-electron chi connectivity index (χ2n) is 8.61. The smallest absolute Gasteiger partial charge is 0.255 e. The fraction of sp³-hybridized carbons (Fsp3) is 0.148. The predicted octanol–water partition coefficient (Wildman–Crippen LogP) is 3.81. The Morgan fingerprint density at radius 1 is 1.09 bits per heavy atom. The molecule has 5 aromatic rings. The van der Waals surface area contributed by atoms with Crippen molar-refractivity contribution in [1.82, 2.24) is 19.3 Å². The van der Waals surface area contributed by atoms with Crippen LogP contribution in [0.3, 0.4) is 0 Å². The van der Waals surface area contributed by atoms with E-state index in [9.17, 15) is 9.90 Å². The van der Waals surface area contributed by atoms with Gasteiger partial charge in [0.15, 0.2) is 0 Å². The Hall–Kier alpha value is -4.23. The van der Waals surface area contributed by atoms with Gasteiger partial charge in [0, 0.05) is 54.1 Å². The van der Waals surface area contributed by atoms with Crippen LogP contribution in [0.5, 0.6) is 0 Å². The summed E-state index contributed by atoms with van der Waals surface area (Å²) in [6, 6.07) is 15.4. The van der Waals surface area contributed by atoms with Gasteiger partial charge in [0.25, 0.3) is 5.56 Å². The summed E-state index contributed by atoms with van der Waals surface area (Å²) < 4.78 is 3.51. The van der Waals surface area contributed by atoms with Crippen LogP contribution in [-0.2, 0) is 13.5 Å². The largest absolute Gasteiger partial charge is 0.370 e. The van der Waals surface area contributed by atoms with Crippen molar-refractivity contribution < 1.29 is 5.11 Å². The summed E-state index contributed by atoms with van der Waals surface area (Å²) in [5.74, 6) is 0. The van der Waals surface area contributed by atoms with E-state index in [0.29, 0.717) is 6.54 Å². The lowest BCUT2D eigenvalue weighted by Crippen LogP contribution is -2.31. The van der Waals surface area contributed by atoms with Crippen LogP contribution in [0.4, 0.5) is 5.69 Å². The molecule has 0 aliphatic carbocycles. The number of aliphatic hydroxyl groups excluding tert-OH is 1. The molecule has 1 aliphatic rings. The van der Waals surface area contributed by atoms with Gasteiger partial charge in [-0.25, -0.2) is 0 Å². The Balaban J connectivity index is 1.62. The number of hydrogen-bond acceptors (Lipinski definition) is 5. The number of anilines is 1. The fourth-order valence-corrected chi connectivity index (χ4v) is 4.85. The second-order valence-corrected chi connectivity index (χ2v) is 8.61. The average molecular weight is 450 g/mol. The number of hydrogen-bond donors (Lipinski definition) is 1. The molecule has 3 aromatic heterocycles. The first-order valence-electron chi connectivity index (χ1n) is 11.2. The molecule has 0 amide bonds. The van der Waals surface area contributed by atoms with E-state index in [1.165, 1.54) is 6.08 Å². The van der Waals surface area contributed by atoms with Crippen LogP contribution in [0.1, 0.15) is 5.56 Å². The average Bonchev–Trinajstić information content (AvgIpc) is 3.49. The summed E-state index contributed by atoms with van der Waals surface area (Å²) in [5, 5.41) is 16.5. The molecule has 0 saturated heterocycles. The van der Waals surface area contributed by atoms with Gasteiger partial charge in [-0.1, -0.05) is 18.7 Å². The van der Waals surface area contributed by atoms with Crippen molar-refractivity contribution in [2.24, 2.45) is 7.05 Å². The van der Waals surface area contributed by atoms with Crippen LogP contribution >= 0.6 is 0 Å². The number of nitrogens with zero attached hydrogens (tertiary/aromatic N) is 5. The number of rotatable bonds is 4. The molecular weight excluding hydrogens is 426 g/mol. The van der Waals surface area contributed by atoms with Crippen LogP contribution in [0.2, 0.25) is 0 Å². The first-order valence-corrected chi connectivity index (χ1v) is 11.2. The maximum atomic E-state index is 13.3. The Labute approximate surface area is 195 Å². The fourth-order valence-electron chi connectivity index (χ4n) is 4.85. The third kappa shape index (κ3) is 3.13. The first-order chi connectivity index (χ1) is 16.5. The molecule has 0 bridgehead atoms. The van der Waals surface area contributed by atoms with E-state index in [1.54, 1.807) is 21.5 Å². The minimum Gasteiger partial charge on any atom is -0.370 e. The summed E-state index contributed by atoms with van der Waals surface area (Å²) in [6.07, 6.45) is 7.18. The zero-order valence-corrected chi connectivity index (χ0v) is 18.7. The molecule has 4 heterocycles. The maximum Gasteiger partial charge on any atom is 0.255 e. The molecule has 6 rings (SSSR count).